The average Bonchev–Trinajstić information content (AvgIpc) is 3.51. The van der Waals surface area contributed by atoms with Gasteiger partial charge in [0, 0.05) is 38.9 Å². The smallest absolute Gasteiger partial charge is 0.168 e. The summed E-state index contributed by atoms with van der Waals surface area (Å²) in [7, 11) is -6.18. The van der Waals surface area contributed by atoms with E-state index in [-0.39, 0.29) is 5.31 Å². The number of halogens is 2. The van der Waals surface area contributed by atoms with Gasteiger partial charge in [-0.2, -0.15) is 0 Å². The van der Waals surface area contributed by atoms with Crippen LogP contribution in [0, 0.1) is 5.82 Å². The van der Waals surface area contributed by atoms with Crippen molar-refractivity contribution in [2.24, 2.45) is 0 Å². The number of benzene rings is 3. The molecule has 5 rings (SSSR count). The van der Waals surface area contributed by atoms with Gasteiger partial charge in [-0.05, 0) is 66.0 Å². The van der Waals surface area contributed by atoms with Gasteiger partial charge in [-0.25, -0.2) is 22.8 Å². The van der Waals surface area contributed by atoms with Gasteiger partial charge in [0.2, 0.25) is 0 Å². The number of furan rings is 1. The predicted octanol–water partition coefficient (Wildman–Crippen LogP) is 6.14. The summed E-state index contributed by atoms with van der Waals surface area (Å²) in [6.07, 6.45) is -5.27. The number of rotatable bonds is 11. The summed E-state index contributed by atoms with van der Waals surface area (Å²) < 4.78 is 263. The molecule has 206 valence electrons. The summed E-state index contributed by atoms with van der Waals surface area (Å²) in [4.78, 5) is 7.43. The molecular formula is C29H26ClFN4O4S. The second-order valence-electron chi connectivity index (χ2n) is 6.94. The fourth-order valence-electron chi connectivity index (χ4n) is 2.68. The molecule has 40 heavy (non-hydrogen) atoms. The van der Waals surface area contributed by atoms with Crippen LogP contribution in [-0.2, 0) is 22.9 Å². The van der Waals surface area contributed by atoms with Crippen molar-refractivity contribution in [2.75, 3.05) is 23.7 Å². The lowest BCUT2D eigenvalue weighted by Gasteiger charge is -2.12. The van der Waals surface area contributed by atoms with Gasteiger partial charge in [-0.3, -0.25) is 0 Å². The van der Waals surface area contributed by atoms with E-state index in [9.17, 15) is 12.8 Å². The van der Waals surface area contributed by atoms with E-state index in [0.717, 1.165) is 0 Å². The molecule has 2 N–H and O–H groups in total. The largest absolute Gasteiger partial charge is 0.487 e. The second kappa shape index (κ2) is 12.0. The van der Waals surface area contributed by atoms with Crippen LogP contribution in [0.15, 0.2) is 83.2 Å². The third-order valence-electron chi connectivity index (χ3n) is 4.24. The first-order valence-electron chi connectivity index (χ1n) is 23.1. The molecule has 0 aliphatic heterocycles. The van der Waals surface area contributed by atoms with E-state index >= 15 is 0 Å². The summed E-state index contributed by atoms with van der Waals surface area (Å²) in [6, 6.07) is -14.5. The van der Waals surface area contributed by atoms with Gasteiger partial charge < -0.3 is 19.8 Å². The molecule has 0 spiro atoms. The van der Waals surface area contributed by atoms with Crippen molar-refractivity contribution in [1.29, 1.82) is 0 Å². The van der Waals surface area contributed by atoms with Crippen molar-refractivity contribution < 1.29 is 57.7 Å². The number of nitrogens with zero attached hydrogens (tertiary/aromatic N) is 2. The number of aromatic nitrogens is 2. The molecule has 0 aliphatic carbocycles. The molecule has 0 aliphatic rings. The molecule has 3 aromatic carbocycles. The SMILES string of the molecule is [2H]c1nc(N([2H])c2c([2H])c([2H])c(OC([2H])([2H])c3c([2H])c([2H])c([2H])c(F)c3[2H])c(Cl)c2[2H])c2c([2H])c(-c3oc(C([2H])([2H])N([2H])C([2H])([2H])C([2H])([2H])S(=O)(=O)C([2H])([2H])[2H])c([2H])c3[2H])c([2H])c([2H])c2n1. The van der Waals surface area contributed by atoms with Crippen LogP contribution < -0.4 is 15.4 Å². The fraction of sp³-hybridized carbons (Fsp3) is 0.172. The monoisotopic (exact) mass is 606 g/mol. The first-order valence-corrected chi connectivity index (χ1v) is 12.1. The standard InChI is InChI=1S/C29H26ClFN4O4S/c1-40(36,37)12-11-32-16-23-7-10-27(39-23)20-5-8-26-24(14-20)29(34-18-33-26)35-22-6-9-28(25(30)15-22)38-17-19-3-2-4-21(31)13-19/h2-10,13-15,18,32H,11-12,16-17H2,1H3,(H,33,34,35)/i1D3,2D,3D,4D,5D,6D,7D,8D,9D,10D,11D2,12D2,13D,14D,15D,16D2,17D2,18D/hD2. The maximum absolute atomic E-state index is 14.6. The van der Waals surface area contributed by atoms with E-state index in [1.165, 1.54) is 0 Å². The Balaban J connectivity index is 1.71. The highest BCUT2D eigenvalue weighted by Gasteiger charge is 2.11. The molecule has 0 atom stereocenters. The van der Waals surface area contributed by atoms with Gasteiger partial charge >= 0.3 is 0 Å². The normalized spacial score (nSPS) is 22.8. The molecule has 5 aromatic rings. The maximum Gasteiger partial charge on any atom is 0.168 e. The summed E-state index contributed by atoms with van der Waals surface area (Å²) in [5, 5.41) is -2.93. The average molecular weight is 607 g/mol. The molecule has 0 saturated carbocycles. The molecule has 0 saturated heterocycles. The zero-order chi connectivity index (χ0) is 50.8. The lowest BCUT2D eigenvalue weighted by atomic mass is 10.1. The van der Waals surface area contributed by atoms with Gasteiger partial charge in [0.1, 0.15) is 54.4 Å². The number of sulfone groups is 1. The van der Waals surface area contributed by atoms with Crippen LogP contribution in [-0.4, -0.2) is 36.8 Å². The molecule has 0 radical (unpaired) electrons. The first kappa shape index (κ1) is 10.1. The van der Waals surface area contributed by atoms with Gasteiger partial charge in [0.15, 0.2) is 1.41 Å². The highest BCUT2D eigenvalue weighted by molar-refractivity contribution is 7.90. The summed E-state index contributed by atoms with van der Waals surface area (Å²) in [5.41, 5.74) is -8.69. The number of hydrogen-bond donors (Lipinski definition) is 2. The summed E-state index contributed by atoms with van der Waals surface area (Å²) in [6.45, 7) is -11.9. The molecule has 0 unspecified atom stereocenters. The highest BCUT2D eigenvalue weighted by atomic mass is 35.5. The molecule has 11 heteroatoms. The van der Waals surface area contributed by atoms with Gasteiger partial charge in [0.05, 0.1) is 44.7 Å². The van der Waals surface area contributed by atoms with Crippen LogP contribution in [0.4, 0.5) is 15.9 Å². The number of fused-ring (bicyclic) bond motifs is 1. The maximum atomic E-state index is 14.6. The lowest BCUT2D eigenvalue weighted by molar-refractivity contribution is 0.306. The zero-order valence-corrected chi connectivity index (χ0v) is 20.7. The van der Waals surface area contributed by atoms with Crippen LogP contribution in [0.5, 0.6) is 5.75 Å². The van der Waals surface area contributed by atoms with Gasteiger partial charge in [-0.1, -0.05) is 23.7 Å². The minimum atomic E-state index is -6.18. The zero-order valence-electron chi connectivity index (χ0n) is 45.1. The van der Waals surface area contributed by atoms with Crippen molar-refractivity contribution in [3.8, 4) is 17.1 Å². The van der Waals surface area contributed by atoms with Crippen LogP contribution >= 0.6 is 11.6 Å². The molecule has 8 nitrogen and oxygen atoms in total. The Morgan fingerprint density at radius 3 is 2.92 bits per heavy atom. The second-order valence-corrected chi connectivity index (χ2v) is 8.53. The van der Waals surface area contributed by atoms with Crippen molar-refractivity contribution in [1.82, 2.24) is 15.3 Å². The number of anilines is 2. The topological polar surface area (TPSA) is 106 Å². The summed E-state index contributed by atoms with van der Waals surface area (Å²) >= 11 is 6.30. The van der Waals surface area contributed by atoms with Crippen molar-refractivity contribution in [2.45, 2.75) is 13.1 Å². The molecule has 2 heterocycles. The first-order chi connectivity index (χ1) is 29.8. The van der Waals surface area contributed by atoms with Crippen molar-refractivity contribution in [3.05, 3.63) is 101 Å². The van der Waals surface area contributed by atoms with E-state index in [1.54, 1.807) is 0 Å². The molecular weight excluding hydrogens is 555 g/mol. The molecule has 2 aromatic heterocycles. The number of hydrogen-bond acceptors (Lipinski definition) is 8. The van der Waals surface area contributed by atoms with E-state index in [4.69, 9.17) is 56.5 Å². The Bertz CT molecular complexity index is 2930. The summed E-state index contributed by atoms with van der Waals surface area (Å²) in [5.74, 6) is -6.63. The number of nitrogens with one attached hydrogen (secondary N) is 2. The van der Waals surface area contributed by atoms with E-state index in [1.807, 2.05) is 0 Å². The molecule has 0 amide bonds. The lowest BCUT2D eigenvalue weighted by Crippen LogP contribution is -2.21. The third kappa shape index (κ3) is 7.15. The minimum absolute atomic E-state index is 0.00350. The Morgan fingerprint density at radius 1 is 1.15 bits per heavy atom. The Kier molecular flexibility index (Phi) is 3.05. The van der Waals surface area contributed by atoms with E-state index in [2.05, 4.69) is 9.97 Å². The van der Waals surface area contributed by atoms with Gasteiger partial charge in [0.25, 0.3) is 0 Å². The Labute approximate surface area is 272 Å². The van der Waals surface area contributed by atoms with E-state index in [0.29, 0.717) is 0 Å². The minimum Gasteiger partial charge on any atom is -0.487 e. The van der Waals surface area contributed by atoms with Crippen LogP contribution in [0.25, 0.3) is 22.2 Å². The molecule has 0 bridgehead atoms. The predicted molar refractivity (Wildman–Crippen MR) is 154 cm³/mol. The van der Waals surface area contributed by atoms with Crippen LogP contribution in [0.1, 0.15) is 44.2 Å². The van der Waals surface area contributed by atoms with E-state index < -0.39 is 187 Å². The van der Waals surface area contributed by atoms with Crippen LogP contribution in [0.3, 0.4) is 0 Å². The Morgan fingerprint density at radius 2 is 2.05 bits per heavy atom. The quantitative estimate of drug-likeness (QED) is 0.185. The van der Waals surface area contributed by atoms with Crippen molar-refractivity contribution >= 4 is 43.8 Å². The van der Waals surface area contributed by atoms with Crippen molar-refractivity contribution in [3.63, 3.8) is 0 Å². The van der Waals surface area contributed by atoms with Gasteiger partial charge in [-0.15, -0.1) is 0 Å². The molecule has 0 fully saturated rings. The Hall–Kier alpha value is -3.99. The number of ether oxygens (including phenoxy) is 1. The highest BCUT2D eigenvalue weighted by Crippen LogP contribution is 2.32. The van der Waals surface area contributed by atoms with Crippen LogP contribution in [0.2, 0.25) is 7.85 Å². The third-order valence-corrected chi connectivity index (χ3v) is 4.86. The fourth-order valence-corrected chi connectivity index (χ4v) is 3.02.